The SMILES string of the molecule is C=C1C/C(=C\N=C/C)C=NC=C1N. The normalized spacial score (nSPS) is 20.8. The molecule has 3 heteroatoms. The summed E-state index contributed by atoms with van der Waals surface area (Å²) in [6.45, 7) is 5.71. The summed E-state index contributed by atoms with van der Waals surface area (Å²) < 4.78 is 0. The lowest BCUT2D eigenvalue weighted by molar-refractivity contribution is 1.16. The molecular formula is C10H13N3. The minimum atomic E-state index is 0.639. The standard InChI is InChI=1S/C10H13N3/c1-3-12-5-9-4-8(2)10(11)7-13-6-9/h3,5-7H,2,4,11H2,1H3/b9-5+,12-3-. The zero-order valence-electron chi connectivity index (χ0n) is 7.70. The molecule has 0 spiro atoms. The first-order chi connectivity index (χ1) is 6.24. The molecule has 13 heavy (non-hydrogen) atoms. The molecule has 0 atom stereocenters. The Morgan fingerprint density at radius 2 is 2.46 bits per heavy atom. The number of hydrogen-bond acceptors (Lipinski definition) is 3. The lowest BCUT2D eigenvalue weighted by Crippen LogP contribution is -1.99. The Hall–Kier alpha value is -1.64. The zero-order valence-corrected chi connectivity index (χ0v) is 7.70. The van der Waals surface area contributed by atoms with Gasteiger partial charge in [0.15, 0.2) is 0 Å². The fraction of sp³-hybridized carbons (Fsp3) is 0.200. The van der Waals surface area contributed by atoms with Gasteiger partial charge in [0.2, 0.25) is 0 Å². The van der Waals surface area contributed by atoms with Crippen LogP contribution in [0.4, 0.5) is 0 Å². The summed E-state index contributed by atoms with van der Waals surface area (Å²) in [6, 6.07) is 0. The minimum Gasteiger partial charge on any atom is -0.397 e. The third kappa shape index (κ3) is 2.71. The van der Waals surface area contributed by atoms with Crippen molar-refractivity contribution < 1.29 is 0 Å². The van der Waals surface area contributed by atoms with Gasteiger partial charge in [0.05, 0.1) is 11.9 Å². The van der Waals surface area contributed by atoms with E-state index in [4.69, 9.17) is 5.73 Å². The van der Waals surface area contributed by atoms with Crippen LogP contribution in [0, 0.1) is 0 Å². The molecule has 3 nitrogen and oxygen atoms in total. The molecule has 0 bridgehead atoms. The van der Waals surface area contributed by atoms with Gasteiger partial charge in [-0.2, -0.15) is 0 Å². The molecule has 1 rings (SSSR count). The highest BCUT2D eigenvalue weighted by Gasteiger charge is 2.03. The van der Waals surface area contributed by atoms with Crippen molar-refractivity contribution in [1.29, 1.82) is 0 Å². The van der Waals surface area contributed by atoms with Crippen LogP contribution in [0.5, 0.6) is 0 Å². The molecule has 2 N–H and O–H groups in total. The Morgan fingerprint density at radius 1 is 1.69 bits per heavy atom. The van der Waals surface area contributed by atoms with Crippen molar-refractivity contribution in [1.82, 2.24) is 0 Å². The average molecular weight is 175 g/mol. The Kier molecular flexibility index (Phi) is 3.20. The molecule has 0 fully saturated rings. The molecule has 68 valence electrons. The predicted molar refractivity (Wildman–Crippen MR) is 56.8 cm³/mol. The van der Waals surface area contributed by atoms with E-state index in [9.17, 15) is 0 Å². The van der Waals surface area contributed by atoms with E-state index in [0.29, 0.717) is 12.1 Å². The van der Waals surface area contributed by atoms with Crippen molar-refractivity contribution in [3.8, 4) is 0 Å². The van der Waals surface area contributed by atoms with E-state index in [1.54, 1.807) is 24.8 Å². The summed E-state index contributed by atoms with van der Waals surface area (Å²) in [6.07, 6.45) is 7.56. The van der Waals surface area contributed by atoms with Crippen molar-refractivity contribution in [2.75, 3.05) is 0 Å². The first-order valence-corrected chi connectivity index (χ1v) is 4.08. The molecule has 0 saturated heterocycles. The van der Waals surface area contributed by atoms with Crippen LogP contribution < -0.4 is 5.73 Å². The quantitative estimate of drug-likeness (QED) is 0.607. The predicted octanol–water partition coefficient (Wildman–Crippen LogP) is 1.79. The maximum atomic E-state index is 5.65. The highest BCUT2D eigenvalue weighted by Crippen LogP contribution is 2.15. The molecule has 1 aliphatic rings. The lowest BCUT2D eigenvalue weighted by Gasteiger charge is -2.01. The topological polar surface area (TPSA) is 50.7 Å². The first kappa shape index (κ1) is 9.45. The Morgan fingerprint density at radius 3 is 3.15 bits per heavy atom. The summed E-state index contributed by atoms with van der Waals surface area (Å²) in [4.78, 5) is 8.03. The maximum absolute atomic E-state index is 5.65. The van der Waals surface area contributed by atoms with Crippen LogP contribution in [-0.4, -0.2) is 12.4 Å². The summed E-state index contributed by atoms with van der Waals surface area (Å²) in [7, 11) is 0. The molecule has 1 aliphatic heterocycles. The summed E-state index contributed by atoms with van der Waals surface area (Å²) in [5.74, 6) is 0. The Balaban J connectivity index is 2.81. The van der Waals surface area contributed by atoms with E-state index in [1.165, 1.54) is 0 Å². The van der Waals surface area contributed by atoms with Crippen molar-refractivity contribution in [3.05, 3.63) is 35.8 Å². The fourth-order valence-corrected chi connectivity index (χ4v) is 0.948. The summed E-state index contributed by atoms with van der Waals surface area (Å²) in [5.41, 5.74) is 8.19. The lowest BCUT2D eigenvalue weighted by atomic mass is 10.1. The molecule has 0 aromatic rings. The van der Waals surface area contributed by atoms with Crippen molar-refractivity contribution in [2.45, 2.75) is 13.3 Å². The van der Waals surface area contributed by atoms with E-state index < -0.39 is 0 Å². The van der Waals surface area contributed by atoms with Crippen LogP contribution in [-0.2, 0) is 0 Å². The van der Waals surface area contributed by atoms with Gasteiger partial charge in [-0.3, -0.25) is 9.98 Å². The summed E-state index contributed by atoms with van der Waals surface area (Å²) in [5, 5.41) is 0. The van der Waals surface area contributed by atoms with Crippen LogP contribution >= 0.6 is 0 Å². The van der Waals surface area contributed by atoms with Gasteiger partial charge in [-0.1, -0.05) is 6.58 Å². The van der Waals surface area contributed by atoms with Gasteiger partial charge in [0.25, 0.3) is 0 Å². The molecule has 0 aromatic carbocycles. The molecule has 0 unspecified atom stereocenters. The molecule has 1 heterocycles. The van der Waals surface area contributed by atoms with Gasteiger partial charge < -0.3 is 5.73 Å². The number of allylic oxidation sites excluding steroid dienone is 2. The number of aliphatic imine (C=N–C) groups is 2. The van der Waals surface area contributed by atoms with E-state index >= 15 is 0 Å². The Labute approximate surface area is 78.1 Å². The minimum absolute atomic E-state index is 0.639. The maximum Gasteiger partial charge on any atom is 0.0530 e. The fourth-order valence-electron chi connectivity index (χ4n) is 0.948. The van der Waals surface area contributed by atoms with Gasteiger partial charge in [0, 0.05) is 25.0 Å². The van der Waals surface area contributed by atoms with Crippen LogP contribution in [0.15, 0.2) is 45.8 Å². The van der Waals surface area contributed by atoms with Crippen molar-refractivity contribution in [3.63, 3.8) is 0 Å². The van der Waals surface area contributed by atoms with Gasteiger partial charge in [-0.15, -0.1) is 0 Å². The second kappa shape index (κ2) is 4.40. The molecule has 0 amide bonds. The third-order valence-electron chi connectivity index (χ3n) is 1.67. The van der Waals surface area contributed by atoms with E-state index in [1.807, 2.05) is 6.92 Å². The van der Waals surface area contributed by atoms with E-state index in [0.717, 1.165) is 11.1 Å². The number of nitrogens with two attached hydrogens (primary N) is 1. The largest absolute Gasteiger partial charge is 0.397 e. The first-order valence-electron chi connectivity index (χ1n) is 4.08. The highest BCUT2D eigenvalue weighted by molar-refractivity contribution is 5.81. The van der Waals surface area contributed by atoms with Crippen LogP contribution in [0.25, 0.3) is 0 Å². The van der Waals surface area contributed by atoms with Crippen molar-refractivity contribution >= 4 is 12.4 Å². The third-order valence-corrected chi connectivity index (χ3v) is 1.67. The van der Waals surface area contributed by atoms with Crippen LogP contribution in [0.1, 0.15) is 13.3 Å². The molecule has 0 radical (unpaired) electrons. The number of rotatable bonds is 1. The zero-order chi connectivity index (χ0) is 9.68. The number of hydrogen-bond donors (Lipinski definition) is 1. The van der Waals surface area contributed by atoms with Gasteiger partial charge in [-0.05, 0) is 18.1 Å². The van der Waals surface area contributed by atoms with Gasteiger partial charge in [0.1, 0.15) is 0 Å². The highest BCUT2D eigenvalue weighted by atomic mass is 14.7. The monoisotopic (exact) mass is 175 g/mol. The van der Waals surface area contributed by atoms with Crippen LogP contribution in [0.2, 0.25) is 0 Å². The van der Waals surface area contributed by atoms with Crippen LogP contribution in [0.3, 0.4) is 0 Å². The molecular weight excluding hydrogens is 162 g/mol. The van der Waals surface area contributed by atoms with Gasteiger partial charge >= 0.3 is 0 Å². The second-order valence-electron chi connectivity index (χ2n) is 2.75. The Bertz CT molecular complexity index is 319. The van der Waals surface area contributed by atoms with Gasteiger partial charge in [-0.25, -0.2) is 0 Å². The smallest absolute Gasteiger partial charge is 0.0530 e. The molecule has 0 aliphatic carbocycles. The average Bonchev–Trinajstić information content (AvgIpc) is 2.26. The summed E-state index contributed by atoms with van der Waals surface area (Å²) >= 11 is 0. The molecule has 0 saturated carbocycles. The van der Waals surface area contributed by atoms with Crippen molar-refractivity contribution in [2.24, 2.45) is 15.7 Å². The molecule has 0 aromatic heterocycles. The van der Waals surface area contributed by atoms with E-state index in [-0.39, 0.29) is 0 Å². The van der Waals surface area contributed by atoms with E-state index in [2.05, 4.69) is 16.6 Å². The second-order valence-corrected chi connectivity index (χ2v) is 2.75. The number of nitrogens with zero attached hydrogens (tertiary/aromatic N) is 2.